The van der Waals surface area contributed by atoms with Crippen molar-refractivity contribution < 1.29 is 0 Å². The number of aromatic nitrogens is 2. The fraction of sp³-hybridized carbons (Fsp3) is 0.812. The van der Waals surface area contributed by atoms with Crippen LogP contribution in [0.3, 0.4) is 0 Å². The highest BCUT2D eigenvalue weighted by Gasteiger charge is 2.22. The minimum atomic E-state index is 0.985. The topological polar surface area (TPSA) is 17.8 Å². The van der Waals surface area contributed by atoms with Crippen molar-refractivity contribution in [3.63, 3.8) is 0 Å². The van der Waals surface area contributed by atoms with Crippen LogP contribution in [-0.2, 0) is 6.54 Å². The van der Waals surface area contributed by atoms with E-state index in [1.807, 2.05) is 12.5 Å². The zero-order valence-electron chi connectivity index (χ0n) is 11.9. The van der Waals surface area contributed by atoms with Gasteiger partial charge in [0.25, 0.3) is 0 Å². The Labute approximate surface area is 112 Å². The van der Waals surface area contributed by atoms with Crippen LogP contribution in [0.2, 0.25) is 0 Å². The van der Waals surface area contributed by atoms with Crippen LogP contribution in [0.15, 0.2) is 18.7 Å². The van der Waals surface area contributed by atoms with Crippen molar-refractivity contribution in [1.29, 1.82) is 0 Å². The quantitative estimate of drug-likeness (QED) is 0.686. The van der Waals surface area contributed by atoms with E-state index in [0.717, 1.165) is 18.4 Å². The summed E-state index contributed by atoms with van der Waals surface area (Å²) in [6.45, 7) is 3.48. The summed E-state index contributed by atoms with van der Waals surface area (Å²) < 4.78 is 2.21. The predicted octanol–water partition coefficient (Wildman–Crippen LogP) is 4.66. The molecule has 0 aromatic carbocycles. The van der Waals surface area contributed by atoms with Gasteiger partial charge in [-0.1, -0.05) is 51.9 Å². The van der Waals surface area contributed by atoms with Gasteiger partial charge in [-0.3, -0.25) is 0 Å². The number of imidazole rings is 1. The first-order valence-electron chi connectivity index (χ1n) is 7.86. The van der Waals surface area contributed by atoms with Gasteiger partial charge in [-0.05, 0) is 24.7 Å². The Balaban J connectivity index is 1.74. The van der Waals surface area contributed by atoms with Gasteiger partial charge in [0.2, 0.25) is 0 Å². The maximum absolute atomic E-state index is 4.11. The Hall–Kier alpha value is -0.790. The van der Waals surface area contributed by atoms with Crippen LogP contribution >= 0.6 is 0 Å². The Morgan fingerprint density at radius 3 is 2.72 bits per heavy atom. The van der Waals surface area contributed by atoms with Crippen molar-refractivity contribution >= 4 is 0 Å². The molecule has 1 atom stereocenters. The number of hydrogen-bond acceptors (Lipinski definition) is 1. The Morgan fingerprint density at radius 1 is 1.22 bits per heavy atom. The van der Waals surface area contributed by atoms with Gasteiger partial charge < -0.3 is 4.57 Å². The van der Waals surface area contributed by atoms with Gasteiger partial charge in [0.15, 0.2) is 0 Å². The minimum Gasteiger partial charge on any atom is -0.337 e. The van der Waals surface area contributed by atoms with Crippen LogP contribution < -0.4 is 0 Å². The fourth-order valence-electron chi connectivity index (χ4n) is 3.55. The predicted molar refractivity (Wildman–Crippen MR) is 76.4 cm³/mol. The summed E-state index contributed by atoms with van der Waals surface area (Å²) in [6.07, 6.45) is 18.8. The molecule has 0 saturated heterocycles. The molecule has 0 spiro atoms. The van der Waals surface area contributed by atoms with Gasteiger partial charge in [0, 0.05) is 18.9 Å². The monoisotopic (exact) mass is 248 g/mol. The molecular weight excluding hydrogens is 220 g/mol. The molecule has 1 unspecified atom stereocenters. The first-order chi connectivity index (χ1) is 8.90. The average Bonchev–Trinajstić information content (AvgIpc) is 2.92. The van der Waals surface area contributed by atoms with Crippen molar-refractivity contribution in [2.24, 2.45) is 11.8 Å². The van der Waals surface area contributed by atoms with Gasteiger partial charge in [-0.15, -0.1) is 0 Å². The van der Waals surface area contributed by atoms with E-state index in [0.29, 0.717) is 0 Å². The summed E-state index contributed by atoms with van der Waals surface area (Å²) in [6, 6.07) is 0. The molecule has 2 heteroatoms. The van der Waals surface area contributed by atoms with Crippen LogP contribution in [0.4, 0.5) is 0 Å². The van der Waals surface area contributed by atoms with E-state index in [4.69, 9.17) is 0 Å². The third-order valence-electron chi connectivity index (χ3n) is 4.53. The highest BCUT2D eigenvalue weighted by Crippen LogP contribution is 2.34. The van der Waals surface area contributed by atoms with Crippen LogP contribution in [0.1, 0.15) is 64.7 Å². The van der Waals surface area contributed by atoms with Gasteiger partial charge in [-0.2, -0.15) is 0 Å². The summed E-state index contributed by atoms with van der Waals surface area (Å²) >= 11 is 0. The zero-order valence-corrected chi connectivity index (χ0v) is 11.9. The van der Waals surface area contributed by atoms with Crippen molar-refractivity contribution in [2.45, 2.75) is 71.3 Å². The molecule has 0 aliphatic heterocycles. The van der Waals surface area contributed by atoms with Crippen LogP contribution in [0.25, 0.3) is 0 Å². The lowest BCUT2D eigenvalue weighted by atomic mass is 9.76. The molecule has 102 valence electrons. The number of rotatable bonds is 7. The van der Waals surface area contributed by atoms with Gasteiger partial charge >= 0.3 is 0 Å². The Bertz CT molecular complexity index is 299. The molecule has 0 radical (unpaired) electrons. The fourth-order valence-corrected chi connectivity index (χ4v) is 3.55. The molecular formula is C16H28N2. The van der Waals surface area contributed by atoms with E-state index in [9.17, 15) is 0 Å². The first kappa shape index (κ1) is 13.6. The Morgan fingerprint density at radius 2 is 2.06 bits per heavy atom. The second-order valence-electron chi connectivity index (χ2n) is 5.89. The molecule has 0 bridgehead atoms. The molecule has 0 amide bonds. The van der Waals surface area contributed by atoms with Crippen LogP contribution in [-0.4, -0.2) is 9.55 Å². The summed E-state index contributed by atoms with van der Waals surface area (Å²) in [5, 5.41) is 0. The van der Waals surface area contributed by atoms with Crippen molar-refractivity contribution in [3.05, 3.63) is 18.7 Å². The van der Waals surface area contributed by atoms with Crippen LogP contribution in [0, 0.1) is 11.8 Å². The van der Waals surface area contributed by atoms with E-state index in [1.54, 1.807) is 0 Å². The average molecular weight is 248 g/mol. The van der Waals surface area contributed by atoms with Gasteiger partial charge in [-0.25, -0.2) is 4.98 Å². The molecule has 1 aromatic heterocycles. The third kappa shape index (κ3) is 4.15. The molecule has 2 rings (SSSR count). The maximum atomic E-state index is 4.11. The summed E-state index contributed by atoms with van der Waals surface area (Å²) in [5.41, 5.74) is 0. The van der Waals surface area contributed by atoms with Crippen molar-refractivity contribution in [2.75, 3.05) is 0 Å². The molecule has 1 heterocycles. The largest absolute Gasteiger partial charge is 0.337 e. The lowest BCUT2D eigenvalue weighted by Crippen LogP contribution is -2.18. The normalized spacial score (nSPS) is 18.9. The third-order valence-corrected chi connectivity index (χ3v) is 4.53. The van der Waals surface area contributed by atoms with Gasteiger partial charge in [0.05, 0.1) is 6.33 Å². The molecule has 2 nitrogen and oxygen atoms in total. The molecule has 1 aliphatic rings. The lowest BCUT2D eigenvalue weighted by Gasteiger charge is -2.30. The molecule has 18 heavy (non-hydrogen) atoms. The summed E-state index contributed by atoms with van der Waals surface area (Å²) in [5.74, 6) is 2.01. The van der Waals surface area contributed by atoms with E-state index >= 15 is 0 Å². The summed E-state index contributed by atoms with van der Waals surface area (Å²) in [7, 11) is 0. The molecule has 1 fully saturated rings. The highest BCUT2D eigenvalue weighted by molar-refractivity contribution is 4.76. The molecule has 0 N–H and O–H groups in total. The molecule has 1 aliphatic carbocycles. The SMILES string of the molecule is CCCC(CCCn1ccnc1)C1CCCCC1. The second-order valence-corrected chi connectivity index (χ2v) is 5.89. The maximum Gasteiger partial charge on any atom is 0.0945 e. The second kappa shape index (κ2) is 7.60. The Kier molecular flexibility index (Phi) is 5.76. The van der Waals surface area contributed by atoms with Crippen LogP contribution in [0.5, 0.6) is 0 Å². The van der Waals surface area contributed by atoms with Crippen molar-refractivity contribution in [3.8, 4) is 0 Å². The number of nitrogens with zero attached hydrogens (tertiary/aromatic N) is 2. The zero-order chi connectivity index (χ0) is 12.6. The van der Waals surface area contributed by atoms with Gasteiger partial charge in [0.1, 0.15) is 0 Å². The molecule has 1 aromatic rings. The highest BCUT2D eigenvalue weighted by atomic mass is 15.0. The van der Waals surface area contributed by atoms with E-state index < -0.39 is 0 Å². The lowest BCUT2D eigenvalue weighted by molar-refractivity contribution is 0.217. The number of hydrogen-bond donors (Lipinski definition) is 0. The van der Waals surface area contributed by atoms with E-state index in [-0.39, 0.29) is 0 Å². The first-order valence-corrected chi connectivity index (χ1v) is 7.86. The van der Waals surface area contributed by atoms with E-state index in [1.165, 1.54) is 57.8 Å². The van der Waals surface area contributed by atoms with E-state index in [2.05, 4.69) is 22.7 Å². The minimum absolute atomic E-state index is 0.985. The smallest absolute Gasteiger partial charge is 0.0945 e. The summed E-state index contributed by atoms with van der Waals surface area (Å²) in [4.78, 5) is 4.11. The number of aryl methyl sites for hydroxylation is 1. The molecule has 1 saturated carbocycles. The van der Waals surface area contributed by atoms with Crippen molar-refractivity contribution in [1.82, 2.24) is 9.55 Å². The standard InChI is InChI=1S/C16H28N2/c1-2-7-15(16-8-4-3-5-9-16)10-6-12-18-13-11-17-14-18/h11,13-16H,2-10,12H2,1H3.